The van der Waals surface area contributed by atoms with Gasteiger partial charge in [0.1, 0.15) is 9.84 Å². The first-order chi connectivity index (χ1) is 8.05. The normalized spacial score (nSPS) is 12.2. The average Bonchev–Trinajstić information content (AvgIpc) is 2.32. The van der Waals surface area contributed by atoms with Crippen molar-refractivity contribution in [1.29, 1.82) is 0 Å². The van der Waals surface area contributed by atoms with Gasteiger partial charge in [-0.15, -0.1) is 0 Å². The van der Waals surface area contributed by atoms with Crippen molar-refractivity contribution in [3.63, 3.8) is 0 Å². The van der Waals surface area contributed by atoms with Crippen LogP contribution in [0.5, 0.6) is 0 Å². The van der Waals surface area contributed by atoms with Crippen LogP contribution >= 0.6 is 0 Å². The monoisotopic (exact) mass is 264 g/mol. The zero-order valence-electron chi connectivity index (χ0n) is 11.5. The number of rotatable bonds is 11. The molecule has 0 aromatic rings. The molecule has 0 atom stereocenters. The van der Waals surface area contributed by atoms with Crippen molar-refractivity contribution in [3.8, 4) is 0 Å². The number of likely N-dealkylation sites (N-methyl/N-ethyl adjacent to an activating group) is 1. The Hall–Kier alpha value is -0.130. The van der Waals surface area contributed by atoms with E-state index >= 15 is 0 Å². The van der Waals surface area contributed by atoms with Crippen LogP contribution in [0.15, 0.2) is 0 Å². The van der Waals surface area contributed by atoms with Gasteiger partial charge in [0, 0.05) is 18.8 Å². The standard InChI is InChI=1S/C12H28N2O2S/c1-4-10-14(5-2)11-9-13-8-7-12-17(15,16)6-3/h13H,4-12H2,1-3H3. The molecule has 0 saturated carbocycles. The summed E-state index contributed by atoms with van der Waals surface area (Å²) < 4.78 is 22.5. The van der Waals surface area contributed by atoms with Crippen LogP contribution in [0.2, 0.25) is 0 Å². The molecule has 5 heteroatoms. The molecule has 0 fully saturated rings. The summed E-state index contributed by atoms with van der Waals surface area (Å²) in [5.41, 5.74) is 0. The fraction of sp³-hybridized carbons (Fsp3) is 1.00. The molecule has 4 nitrogen and oxygen atoms in total. The summed E-state index contributed by atoms with van der Waals surface area (Å²) in [5.74, 6) is 0.566. The lowest BCUT2D eigenvalue weighted by Crippen LogP contribution is -2.33. The molecular weight excluding hydrogens is 236 g/mol. The Morgan fingerprint density at radius 1 is 1.06 bits per heavy atom. The SMILES string of the molecule is CCCN(CC)CCNCCCS(=O)(=O)CC. The molecule has 0 aliphatic rings. The van der Waals surface area contributed by atoms with Gasteiger partial charge < -0.3 is 10.2 Å². The Morgan fingerprint density at radius 2 is 1.76 bits per heavy atom. The number of sulfone groups is 1. The summed E-state index contributed by atoms with van der Waals surface area (Å²) in [7, 11) is -2.79. The molecule has 0 aromatic carbocycles. The van der Waals surface area contributed by atoms with Crippen molar-refractivity contribution in [2.45, 2.75) is 33.6 Å². The molecule has 0 rings (SSSR count). The lowest BCUT2D eigenvalue weighted by atomic mass is 10.4. The van der Waals surface area contributed by atoms with E-state index in [0.717, 1.165) is 39.1 Å². The second-order valence-electron chi connectivity index (χ2n) is 4.27. The van der Waals surface area contributed by atoms with Crippen LogP contribution in [0.1, 0.15) is 33.6 Å². The third kappa shape index (κ3) is 9.56. The number of hydrogen-bond donors (Lipinski definition) is 1. The van der Waals surface area contributed by atoms with Gasteiger partial charge in [-0.3, -0.25) is 0 Å². The summed E-state index contributed by atoms with van der Waals surface area (Å²) in [6.07, 6.45) is 1.90. The lowest BCUT2D eigenvalue weighted by molar-refractivity contribution is 0.288. The van der Waals surface area contributed by atoms with Crippen LogP contribution in [0.25, 0.3) is 0 Å². The molecule has 0 aliphatic carbocycles. The van der Waals surface area contributed by atoms with E-state index in [0.29, 0.717) is 5.75 Å². The van der Waals surface area contributed by atoms with Crippen molar-refractivity contribution < 1.29 is 8.42 Å². The predicted octanol–water partition coefficient (Wildman–Crippen LogP) is 1.13. The molecule has 1 N–H and O–H groups in total. The van der Waals surface area contributed by atoms with E-state index in [1.165, 1.54) is 6.42 Å². The molecule has 0 bridgehead atoms. The molecule has 0 aromatic heterocycles. The van der Waals surface area contributed by atoms with Crippen molar-refractivity contribution >= 4 is 9.84 Å². The van der Waals surface area contributed by atoms with E-state index in [4.69, 9.17) is 0 Å². The third-order valence-electron chi connectivity index (χ3n) is 2.84. The van der Waals surface area contributed by atoms with Gasteiger partial charge in [-0.05, 0) is 32.5 Å². The quantitative estimate of drug-likeness (QED) is 0.568. The second-order valence-corrected chi connectivity index (χ2v) is 6.75. The Morgan fingerprint density at radius 3 is 2.29 bits per heavy atom. The molecule has 0 spiro atoms. The second kappa shape index (κ2) is 9.85. The maximum atomic E-state index is 11.2. The summed E-state index contributed by atoms with van der Waals surface area (Å²) in [5, 5.41) is 3.30. The van der Waals surface area contributed by atoms with Crippen LogP contribution < -0.4 is 5.32 Å². The molecule has 0 amide bonds. The van der Waals surface area contributed by atoms with Gasteiger partial charge in [0.15, 0.2) is 0 Å². The lowest BCUT2D eigenvalue weighted by Gasteiger charge is -2.19. The smallest absolute Gasteiger partial charge is 0.150 e. The van der Waals surface area contributed by atoms with Crippen LogP contribution in [0.4, 0.5) is 0 Å². The van der Waals surface area contributed by atoms with Crippen LogP contribution in [0, 0.1) is 0 Å². The van der Waals surface area contributed by atoms with Crippen LogP contribution in [-0.2, 0) is 9.84 Å². The minimum atomic E-state index is -2.79. The maximum Gasteiger partial charge on any atom is 0.150 e. The van der Waals surface area contributed by atoms with Gasteiger partial charge in [-0.2, -0.15) is 0 Å². The first-order valence-corrected chi connectivity index (χ1v) is 8.51. The molecule has 104 valence electrons. The van der Waals surface area contributed by atoms with Gasteiger partial charge in [-0.25, -0.2) is 8.42 Å². The highest BCUT2D eigenvalue weighted by Gasteiger charge is 2.06. The van der Waals surface area contributed by atoms with Crippen molar-refractivity contribution in [2.24, 2.45) is 0 Å². The average molecular weight is 264 g/mol. The van der Waals surface area contributed by atoms with Crippen molar-refractivity contribution in [2.75, 3.05) is 44.2 Å². The molecule has 17 heavy (non-hydrogen) atoms. The summed E-state index contributed by atoms with van der Waals surface area (Å²) in [6, 6.07) is 0. The summed E-state index contributed by atoms with van der Waals surface area (Å²) >= 11 is 0. The zero-order chi connectivity index (χ0) is 13.1. The zero-order valence-corrected chi connectivity index (χ0v) is 12.4. The van der Waals surface area contributed by atoms with Gasteiger partial charge in [0.05, 0.1) is 5.75 Å². The first kappa shape index (κ1) is 16.9. The Labute approximate surface area is 107 Å². The topological polar surface area (TPSA) is 49.4 Å². The summed E-state index contributed by atoms with van der Waals surface area (Å²) in [4.78, 5) is 2.40. The molecule has 0 saturated heterocycles. The molecule has 0 aliphatic heterocycles. The van der Waals surface area contributed by atoms with Crippen molar-refractivity contribution in [1.82, 2.24) is 10.2 Å². The molecule has 0 unspecified atom stereocenters. The van der Waals surface area contributed by atoms with Crippen LogP contribution in [-0.4, -0.2) is 57.5 Å². The van der Waals surface area contributed by atoms with E-state index in [-0.39, 0.29) is 5.75 Å². The predicted molar refractivity (Wildman–Crippen MR) is 74.2 cm³/mol. The number of nitrogens with zero attached hydrogens (tertiary/aromatic N) is 1. The van der Waals surface area contributed by atoms with Gasteiger partial charge in [0.25, 0.3) is 0 Å². The molecule has 0 heterocycles. The first-order valence-electron chi connectivity index (χ1n) is 6.69. The van der Waals surface area contributed by atoms with E-state index in [2.05, 4.69) is 24.1 Å². The fourth-order valence-electron chi connectivity index (χ4n) is 1.67. The van der Waals surface area contributed by atoms with Gasteiger partial charge in [-0.1, -0.05) is 20.8 Å². The highest BCUT2D eigenvalue weighted by molar-refractivity contribution is 7.91. The van der Waals surface area contributed by atoms with E-state index in [9.17, 15) is 8.42 Å². The highest BCUT2D eigenvalue weighted by Crippen LogP contribution is 1.92. The van der Waals surface area contributed by atoms with E-state index < -0.39 is 9.84 Å². The maximum absolute atomic E-state index is 11.2. The molecule has 0 radical (unpaired) electrons. The van der Waals surface area contributed by atoms with E-state index in [1.54, 1.807) is 6.92 Å². The Kier molecular flexibility index (Phi) is 9.78. The van der Waals surface area contributed by atoms with Crippen LogP contribution in [0.3, 0.4) is 0 Å². The molecular formula is C12H28N2O2S. The van der Waals surface area contributed by atoms with Gasteiger partial charge >= 0.3 is 0 Å². The minimum Gasteiger partial charge on any atom is -0.315 e. The minimum absolute atomic E-state index is 0.257. The number of nitrogens with one attached hydrogen (secondary N) is 1. The largest absolute Gasteiger partial charge is 0.315 e. The van der Waals surface area contributed by atoms with Gasteiger partial charge in [0.2, 0.25) is 0 Å². The summed E-state index contributed by atoms with van der Waals surface area (Å²) in [6.45, 7) is 11.1. The fourth-order valence-corrected chi connectivity index (χ4v) is 2.54. The number of hydrogen-bond acceptors (Lipinski definition) is 4. The van der Waals surface area contributed by atoms with E-state index in [1.807, 2.05) is 0 Å². The van der Waals surface area contributed by atoms with Crippen molar-refractivity contribution in [3.05, 3.63) is 0 Å². The Balaban J connectivity index is 3.46. The third-order valence-corrected chi connectivity index (χ3v) is 4.63. The highest BCUT2D eigenvalue weighted by atomic mass is 32.2. The Bertz CT molecular complexity index is 266.